The zero-order valence-electron chi connectivity index (χ0n) is 13.2. The molecule has 2 heteroatoms. The zero-order valence-corrected chi connectivity index (χ0v) is 13.2. The van der Waals surface area contributed by atoms with E-state index in [1.54, 1.807) is 0 Å². The van der Waals surface area contributed by atoms with E-state index in [4.69, 9.17) is 4.74 Å². The van der Waals surface area contributed by atoms with Crippen LogP contribution in [0.25, 0.3) is 0 Å². The van der Waals surface area contributed by atoms with Crippen molar-refractivity contribution in [3.05, 3.63) is 29.8 Å². The van der Waals surface area contributed by atoms with Gasteiger partial charge in [-0.25, -0.2) is 0 Å². The summed E-state index contributed by atoms with van der Waals surface area (Å²) in [4.78, 5) is 0. The van der Waals surface area contributed by atoms with Crippen LogP contribution < -0.4 is 10.1 Å². The molecular formula is C18H29NO. The first-order chi connectivity index (χ1) is 9.65. The van der Waals surface area contributed by atoms with Gasteiger partial charge < -0.3 is 10.1 Å². The van der Waals surface area contributed by atoms with Gasteiger partial charge in [0.05, 0.1) is 0 Å². The average molecular weight is 275 g/mol. The molecule has 112 valence electrons. The quantitative estimate of drug-likeness (QED) is 0.705. The lowest BCUT2D eigenvalue weighted by atomic mass is 9.77. The number of ether oxygens (including phenoxy) is 1. The highest BCUT2D eigenvalue weighted by atomic mass is 16.5. The lowest BCUT2D eigenvalue weighted by Crippen LogP contribution is -2.45. The van der Waals surface area contributed by atoms with Crippen LogP contribution in [-0.2, 0) is 0 Å². The summed E-state index contributed by atoms with van der Waals surface area (Å²) in [5.74, 6) is 1.62. The van der Waals surface area contributed by atoms with Crippen LogP contribution in [0.4, 0.5) is 0 Å². The lowest BCUT2D eigenvalue weighted by Gasteiger charge is -2.42. The Morgan fingerprint density at radius 2 is 1.85 bits per heavy atom. The van der Waals surface area contributed by atoms with E-state index in [-0.39, 0.29) is 5.60 Å². The summed E-state index contributed by atoms with van der Waals surface area (Å²) in [6, 6.07) is 8.66. The first-order valence-corrected chi connectivity index (χ1v) is 8.15. The zero-order chi connectivity index (χ0) is 14.4. The van der Waals surface area contributed by atoms with E-state index in [1.165, 1.54) is 31.2 Å². The molecule has 1 N–H and O–H groups in total. The summed E-state index contributed by atoms with van der Waals surface area (Å²) in [5.41, 5.74) is 1.48. The third-order valence-corrected chi connectivity index (χ3v) is 4.33. The van der Waals surface area contributed by atoms with Crippen LogP contribution in [0.5, 0.6) is 5.75 Å². The smallest absolute Gasteiger partial charge is 0.120 e. The molecule has 0 heterocycles. The first kappa shape index (κ1) is 15.4. The van der Waals surface area contributed by atoms with Gasteiger partial charge in [0.15, 0.2) is 0 Å². The molecule has 1 aromatic carbocycles. The maximum absolute atomic E-state index is 6.31. The molecule has 1 fully saturated rings. The average Bonchev–Trinajstić information content (AvgIpc) is 2.41. The highest BCUT2D eigenvalue weighted by molar-refractivity contribution is 5.29. The highest BCUT2D eigenvalue weighted by Crippen LogP contribution is 2.39. The molecule has 0 bridgehead atoms. The summed E-state index contributed by atoms with van der Waals surface area (Å²) < 4.78 is 6.31. The van der Waals surface area contributed by atoms with Crippen LogP contribution >= 0.6 is 0 Å². The Balaban J connectivity index is 1.88. The van der Waals surface area contributed by atoms with Crippen molar-refractivity contribution in [1.82, 2.24) is 5.32 Å². The van der Waals surface area contributed by atoms with Crippen molar-refractivity contribution in [3.63, 3.8) is 0 Å². The molecular weight excluding hydrogens is 246 g/mol. The second kappa shape index (κ2) is 7.12. The standard InChI is InChI=1S/C18H29NO/c1-4-13-19-14-12-18(10-5-11-18)20-17-8-6-16(7-9-17)15(2)3/h6-9,15,19H,4-5,10-14H2,1-3H3. The summed E-state index contributed by atoms with van der Waals surface area (Å²) in [5, 5.41) is 3.49. The minimum atomic E-state index is 0.0973. The Morgan fingerprint density at radius 3 is 2.35 bits per heavy atom. The first-order valence-electron chi connectivity index (χ1n) is 8.15. The van der Waals surface area contributed by atoms with Crippen molar-refractivity contribution in [2.75, 3.05) is 13.1 Å². The fourth-order valence-corrected chi connectivity index (χ4v) is 2.76. The molecule has 0 radical (unpaired) electrons. The topological polar surface area (TPSA) is 21.3 Å². The number of benzene rings is 1. The number of rotatable bonds is 8. The molecule has 20 heavy (non-hydrogen) atoms. The predicted octanol–water partition coefficient (Wildman–Crippen LogP) is 4.50. The third kappa shape index (κ3) is 3.99. The van der Waals surface area contributed by atoms with Gasteiger partial charge in [-0.1, -0.05) is 32.9 Å². The molecule has 0 saturated heterocycles. The van der Waals surface area contributed by atoms with Gasteiger partial charge in [-0.05, 0) is 68.8 Å². The van der Waals surface area contributed by atoms with Gasteiger partial charge in [0.1, 0.15) is 11.4 Å². The fourth-order valence-electron chi connectivity index (χ4n) is 2.76. The van der Waals surface area contributed by atoms with Crippen molar-refractivity contribution < 1.29 is 4.74 Å². The molecule has 0 aliphatic heterocycles. The number of nitrogens with one attached hydrogen (secondary N) is 1. The second-order valence-electron chi connectivity index (χ2n) is 6.36. The predicted molar refractivity (Wildman–Crippen MR) is 85.5 cm³/mol. The van der Waals surface area contributed by atoms with Crippen LogP contribution in [0.1, 0.15) is 64.4 Å². The van der Waals surface area contributed by atoms with Gasteiger partial charge in [-0.2, -0.15) is 0 Å². The molecule has 0 spiro atoms. The summed E-state index contributed by atoms with van der Waals surface area (Å²) in [6.45, 7) is 8.83. The molecule has 2 rings (SSSR count). The van der Waals surface area contributed by atoms with Gasteiger partial charge >= 0.3 is 0 Å². The Bertz CT molecular complexity index is 392. The minimum Gasteiger partial charge on any atom is -0.487 e. The van der Waals surface area contributed by atoms with Crippen molar-refractivity contribution >= 4 is 0 Å². The number of hydrogen-bond donors (Lipinski definition) is 1. The fraction of sp³-hybridized carbons (Fsp3) is 0.667. The highest BCUT2D eigenvalue weighted by Gasteiger charge is 2.38. The third-order valence-electron chi connectivity index (χ3n) is 4.33. The van der Waals surface area contributed by atoms with Crippen molar-refractivity contribution in [1.29, 1.82) is 0 Å². The van der Waals surface area contributed by atoms with Gasteiger partial charge in [-0.15, -0.1) is 0 Å². The van der Waals surface area contributed by atoms with E-state index in [2.05, 4.69) is 50.4 Å². The summed E-state index contributed by atoms with van der Waals surface area (Å²) in [7, 11) is 0. The second-order valence-corrected chi connectivity index (χ2v) is 6.36. The monoisotopic (exact) mass is 275 g/mol. The molecule has 0 aromatic heterocycles. The van der Waals surface area contributed by atoms with E-state index in [9.17, 15) is 0 Å². The van der Waals surface area contributed by atoms with Crippen molar-refractivity contribution in [2.45, 2.75) is 64.4 Å². The maximum Gasteiger partial charge on any atom is 0.120 e. The largest absolute Gasteiger partial charge is 0.487 e. The molecule has 0 amide bonds. The Labute approximate surface area is 123 Å². The summed E-state index contributed by atoms with van der Waals surface area (Å²) in [6.07, 6.45) is 6.03. The minimum absolute atomic E-state index is 0.0973. The normalized spacial score (nSPS) is 17.0. The molecule has 1 saturated carbocycles. The van der Waals surface area contributed by atoms with Crippen LogP contribution in [0.2, 0.25) is 0 Å². The molecule has 1 aliphatic rings. The molecule has 1 aliphatic carbocycles. The van der Waals surface area contributed by atoms with Crippen LogP contribution in [0, 0.1) is 0 Å². The van der Waals surface area contributed by atoms with E-state index in [0.717, 1.165) is 25.3 Å². The van der Waals surface area contributed by atoms with Crippen LogP contribution in [0.3, 0.4) is 0 Å². The van der Waals surface area contributed by atoms with E-state index in [1.807, 2.05) is 0 Å². The molecule has 1 aromatic rings. The molecule has 0 atom stereocenters. The van der Waals surface area contributed by atoms with E-state index in [0.29, 0.717) is 5.92 Å². The van der Waals surface area contributed by atoms with Gasteiger partial charge in [-0.3, -0.25) is 0 Å². The Hall–Kier alpha value is -1.02. The van der Waals surface area contributed by atoms with E-state index < -0.39 is 0 Å². The van der Waals surface area contributed by atoms with Crippen LogP contribution in [0.15, 0.2) is 24.3 Å². The summed E-state index contributed by atoms with van der Waals surface area (Å²) >= 11 is 0. The Kier molecular flexibility index (Phi) is 5.47. The Morgan fingerprint density at radius 1 is 1.15 bits per heavy atom. The lowest BCUT2D eigenvalue weighted by molar-refractivity contribution is -0.0142. The van der Waals surface area contributed by atoms with Crippen LogP contribution in [-0.4, -0.2) is 18.7 Å². The van der Waals surface area contributed by atoms with E-state index >= 15 is 0 Å². The molecule has 2 nitrogen and oxygen atoms in total. The number of hydrogen-bond acceptors (Lipinski definition) is 2. The van der Waals surface area contributed by atoms with Crippen molar-refractivity contribution in [2.24, 2.45) is 0 Å². The SMILES string of the molecule is CCCNCCC1(Oc2ccc(C(C)C)cc2)CCC1. The van der Waals surface area contributed by atoms with Crippen molar-refractivity contribution in [3.8, 4) is 5.75 Å². The van der Waals surface area contributed by atoms with Gasteiger partial charge in [0, 0.05) is 0 Å². The maximum atomic E-state index is 6.31. The van der Waals surface area contributed by atoms with Gasteiger partial charge in [0.2, 0.25) is 0 Å². The molecule has 0 unspecified atom stereocenters. The van der Waals surface area contributed by atoms with Gasteiger partial charge in [0.25, 0.3) is 0 Å².